The molecule has 0 fully saturated rings. The molecule has 0 saturated heterocycles. The van der Waals surface area contributed by atoms with Crippen molar-refractivity contribution in [2.45, 2.75) is 13.5 Å². The van der Waals surface area contributed by atoms with Gasteiger partial charge in [-0.1, -0.05) is 12.1 Å². The van der Waals surface area contributed by atoms with Crippen LogP contribution in [0, 0.1) is 0 Å². The van der Waals surface area contributed by atoms with Crippen LogP contribution in [0.1, 0.15) is 33.2 Å². The number of carbonyl (C=O) groups is 3. The summed E-state index contributed by atoms with van der Waals surface area (Å²) in [6, 6.07) is 3.58. The van der Waals surface area contributed by atoms with Crippen molar-refractivity contribution in [3.63, 3.8) is 0 Å². The molecule has 0 heterocycles. The summed E-state index contributed by atoms with van der Waals surface area (Å²) in [7, 11) is 0. The number of esters is 1. The SMILES string of the molecule is CCOC(=O)c1cccc(CNC(N)=O)c1C(=O)O. The van der Waals surface area contributed by atoms with Crippen LogP contribution in [0.15, 0.2) is 18.2 Å². The van der Waals surface area contributed by atoms with Gasteiger partial charge in [0.1, 0.15) is 0 Å². The highest BCUT2D eigenvalue weighted by Gasteiger charge is 2.21. The summed E-state index contributed by atoms with van der Waals surface area (Å²) in [5.41, 5.74) is 4.94. The minimum atomic E-state index is -1.27. The lowest BCUT2D eigenvalue weighted by Crippen LogP contribution is -2.29. The number of primary amides is 1. The van der Waals surface area contributed by atoms with E-state index in [0.29, 0.717) is 0 Å². The molecule has 19 heavy (non-hydrogen) atoms. The van der Waals surface area contributed by atoms with E-state index in [-0.39, 0.29) is 29.8 Å². The molecule has 7 heteroatoms. The molecule has 0 aromatic heterocycles. The number of carboxylic acid groups (broad SMARTS) is 1. The van der Waals surface area contributed by atoms with Gasteiger partial charge in [-0.05, 0) is 18.6 Å². The Kier molecular flexibility index (Phi) is 4.87. The molecule has 0 atom stereocenters. The molecule has 0 aliphatic rings. The van der Waals surface area contributed by atoms with E-state index in [4.69, 9.17) is 10.5 Å². The van der Waals surface area contributed by atoms with E-state index < -0.39 is 18.0 Å². The molecule has 0 radical (unpaired) electrons. The number of carbonyl (C=O) groups excluding carboxylic acids is 2. The zero-order valence-corrected chi connectivity index (χ0v) is 10.3. The number of ether oxygens (including phenoxy) is 1. The Hall–Kier alpha value is -2.57. The van der Waals surface area contributed by atoms with Crippen LogP contribution in [-0.2, 0) is 11.3 Å². The second-order valence-corrected chi connectivity index (χ2v) is 3.58. The number of hydrogen-bond acceptors (Lipinski definition) is 4. The number of urea groups is 1. The first-order valence-electron chi connectivity index (χ1n) is 5.53. The summed E-state index contributed by atoms with van der Waals surface area (Å²) in [5.74, 6) is -1.99. The van der Waals surface area contributed by atoms with Gasteiger partial charge in [-0.3, -0.25) is 0 Å². The molecule has 1 aromatic carbocycles. The molecule has 0 bridgehead atoms. The third-order valence-electron chi connectivity index (χ3n) is 2.31. The number of amides is 2. The third-order valence-corrected chi connectivity index (χ3v) is 2.31. The van der Waals surface area contributed by atoms with E-state index >= 15 is 0 Å². The zero-order valence-electron chi connectivity index (χ0n) is 10.3. The van der Waals surface area contributed by atoms with Crippen LogP contribution in [0.4, 0.5) is 4.79 Å². The maximum absolute atomic E-state index is 11.7. The van der Waals surface area contributed by atoms with Crippen LogP contribution in [0.3, 0.4) is 0 Å². The summed E-state index contributed by atoms with van der Waals surface area (Å²) in [6.45, 7) is 1.68. The summed E-state index contributed by atoms with van der Waals surface area (Å²) in [4.78, 5) is 33.6. The molecule has 1 aromatic rings. The molecule has 0 spiro atoms. The van der Waals surface area contributed by atoms with Gasteiger partial charge >= 0.3 is 18.0 Å². The van der Waals surface area contributed by atoms with Crippen molar-refractivity contribution in [3.05, 3.63) is 34.9 Å². The standard InChI is InChI=1S/C12H14N2O5/c1-2-19-11(17)8-5-3-4-7(6-14-12(13)18)9(8)10(15)16/h3-5H,2,6H2,1H3,(H,15,16)(H3,13,14,18). The Balaban J connectivity index is 3.17. The lowest BCUT2D eigenvalue weighted by Gasteiger charge is -2.11. The number of carboxylic acids is 1. The highest BCUT2D eigenvalue weighted by Crippen LogP contribution is 2.16. The Bertz CT molecular complexity index is 513. The van der Waals surface area contributed by atoms with Gasteiger partial charge in [0.2, 0.25) is 0 Å². The Morgan fingerprint density at radius 2 is 2.05 bits per heavy atom. The predicted octanol–water partition coefficient (Wildman–Crippen LogP) is 0.730. The number of benzene rings is 1. The highest BCUT2D eigenvalue weighted by molar-refractivity contribution is 6.03. The van der Waals surface area contributed by atoms with Gasteiger partial charge in [0.15, 0.2) is 0 Å². The number of rotatable bonds is 5. The lowest BCUT2D eigenvalue weighted by atomic mass is 10.0. The maximum Gasteiger partial charge on any atom is 0.339 e. The van der Waals surface area contributed by atoms with E-state index in [0.717, 1.165) is 0 Å². The van der Waals surface area contributed by atoms with E-state index in [1.165, 1.54) is 18.2 Å². The molecular formula is C12H14N2O5. The third kappa shape index (κ3) is 3.70. The Morgan fingerprint density at radius 3 is 2.58 bits per heavy atom. The molecule has 0 unspecified atom stereocenters. The van der Waals surface area contributed by atoms with Crippen LogP contribution in [0.2, 0.25) is 0 Å². The molecule has 102 valence electrons. The normalized spacial score (nSPS) is 9.74. The van der Waals surface area contributed by atoms with Crippen molar-refractivity contribution in [1.29, 1.82) is 0 Å². The fourth-order valence-electron chi connectivity index (χ4n) is 1.56. The maximum atomic E-state index is 11.7. The van der Waals surface area contributed by atoms with Crippen molar-refractivity contribution in [3.8, 4) is 0 Å². The first-order valence-corrected chi connectivity index (χ1v) is 5.53. The highest BCUT2D eigenvalue weighted by atomic mass is 16.5. The minimum Gasteiger partial charge on any atom is -0.478 e. The van der Waals surface area contributed by atoms with Crippen molar-refractivity contribution < 1.29 is 24.2 Å². The average molecular weight is 266 g/mol. The van der Waals surface area contributed by atoms with E-state index in [1.54, 1.807) is 6.92 Å². The Labute approximate surface area is 109 Å². The summed E-state index contributed by atoms with van der Waals surface area (Å²) < 4.78 is 4.79. The monoisotopic (exact) mass is 266 g/mol. The van der Waals surface area contributed by atoms with Crippen molar-refractivity contribution in [2.75, 3.05) is 6.61 Å². The van der Waals surface area contributed by atoms with Crippen molar-refractivity contribution in [2.24, 2.45) is 5.73 Å². The zero-order chi connectivity index (χ0) is 14.4. The van der Waals surface area contributed by atoms with Gasteiger partial charge in [0.05, 0.1) is 17.7 Å². The van der Waals surface area contributed by atoms with Crippen LogP contribution in [0.25, 0.3) is 0 Å². The molecule has 7 nitrogen and oxygen atoms in total. The van der Waals surface area contributed by atoms with Crippen LogP contribution >= 0.6 is 0 Å². The smallest absolute Gasteiger partial charge is 0.339 e. The average Bonchev–Trinajstić information content (AvgIpc) is 2.35. The van der Waals surface area contributed by atoms with Crippen LogP contribution in [-0.4, -0.2) is 29.7 Å². The summed E-state index contributed by atoms with van der Waals surface area (Å²) >= 11 is 0. The van der Waals surface area contributed by atoms with E-state index in [9.17, 15) is 19.5 Å². The predicted molar refractivity (Wildman–Crippen MR) is 65.8 cm³/mol. The molecule has 2 amide bonds. The van der Waals surface area contributed by atoms with Gasteiger partial charge in [-0.15, -0.1) is 0 Å². The van der Waals surface area contributed by atoms with Gasteiger partial charge in [0.25, 0.3) is 0 Å². The fraction of sp³-hybridized carbons (Fsp3) is 0.250. The van der Waals surface area contributed by atoms with Crippen LogP contribution in [0.5, 0.6) is 0 Å². The van der Waals surface area contributed by atoms with Gasteiger partial charge in [0, 0.05) is 6.54 Å². The fourth-order valence-corrected chi connectivity index (χ4v) is 1.56. The topological polar surface area (TPSA) is 119 Å². The summed E-state index contributed by atoms with van der Waals surface area (Å²) in [6.07, 6.45) is 0. The number of nitrogens with two attached hydrogens (primary N) is 1. The van der Waals surface area contributed by atoms with Crippen molar-refractivity contribution in [1.82, 2.24) is 5.32 Å². The quantitative estimate of drug-likeness (QED) is 0.679. The number of nitrogens with one attached hydrogen (secondary N) is 1. The first-order chi connectivity index (χ1) is 8.97. The second kappa shape index (κ2) is 6.39. The molecule has 1 rings (SSSR count). The van der Waals surface area contributed by atoms with E-state index in [2.05, 4.69) is 5.32 Å². The summed E-state index contributed by atoms with van der Waals surface area (Å²) in [5, 5.41) is 11.5. The van der Waals surface area contributed by atoms with Crippen LogP contribution < -0.4 is 11.1 Å². The molecule has 4 N–H and O–H groups in total. The largest absolute Gasteiger partial charge is 0.478 e. The van der Waals surface area contributed by atoms with Gasteiger partial charge in [-0.2, -0.15) is 0 Å². The van der Waals surface area contributed by atoms with E-state index in [1.807, 2.05) is 0 Å². The minimum absolute atomic E-state index is 0.0573. The lowest BCUT2D eigenvalue weighted by molar-refractivity contribution is 0.0514. The number of hydrogen-bond donors (Lipinski definition) is 3. The molecule has 0 aliphatic carbocycles. The van der Waals surface area contributed by atoms with Crippen molar-refractivity contribution >= 4 is 18.0 Å². The molecule has 0 aliphatic heterocycles. The first kappa shape index (κ1) is 14.5. The van der Waals surface area contributed by atoms with Gasteiger partial charge in [-0.25, -0.2) is 14.4 Å². The second-order valence-electron chi connectivity index (χ2n) is 3.58. The molecule has 0 saturated carbocycles. The Morgan fingerprint density at radius 1 is 1.37 bits per heavy atom. The van der Waals surface area contributed by atoms with Gasteiger partial charge < -0.3 is 20.9 Å². The number of aromatic carboxylic acids is 1. The molecular weight excluding hydrogens is 252 g/mol.